The standard InChI is InChI=1S/C32H57N3O2S/c1-11-25-20(5)13-19(4)16-27(25)35-30-22(7)15-18(3)14-21(6)29(33)23(8)26(17-36)32(10,34)28(12-2)38-31(37)24(30)9/h18-20,22-25,27-28,30,35H,11-16,33-34H2,1-10H3/b29-21-/t18?,19?,20?,22?,23-,24?,25?,27?,28?,30?,32+/m1/s1. The van der Waals surface area contributed by atoms with Crippen LogP contribution in [0.1, 0.15) is 108 Å². The molecular formula is C32H57N3O2S. The molecule has 2 rings (SSSR count). The lowest BCUT2D eigenvalue weighted by molar-refractivity contribution is -0.115. The summed E-state index contributed by atoms with van der Waals surface area (Å²) in [5, 5.41) is 4.00. The first kappa shape index (κ1) is 33.1. The topological polar surface area (TPSA) is 98.2 Å². The van der Waals surface area contributed by atoms with Crippen LogP contribution in [0.2, 0.25) is 0 Å². The second kappa shape index (κ2) is 14.0. The van der Waals surface area contributed by atoms with E-state index in [1.807, 2.05) is 20.8 Å². The normalized spacial score (nSPS) is 44.4. The van der Waals surface area contributed by atoms with E-state index in [1.54, 1.807) is 0 Å². The van der Waals surface area contributed by atoms with E-state index in [0.29, 0.717) is 53.3 Å². The lowest BCUT2D eigenvalue weighted by Gasteiger charge is -2.44. The van der Waals surface area contributed by atoms with Crippen molar-refractivity contribution in [2.45, 2.75) is 131 Å². The molecule has 0 radical (unpaired) electrons. The van der Waals surface area contributed by atoms with Gasteiger partial charge >= 0.3 is 0 Å². The number of hydrogen-bond acceptors (Lipinski definition) is 6. The number of hydrogen-bond donors (Lipinski definition) is 3. The Kier molecular flexibility index (Phi) is 12.2. The summed E-state index contributed by atoms with van der Waals surface area (Å²) in [4.78, 5) is 26.2. The van der Waals surface area contributed by atoms with Gasteiger partial charge in [0.05, 0.1) is 5.54 Å². The number of allylic oxidation sites excluding steroid dienone is 2. The monoisotopic (exact) mass is 547 g/mol. The summed E-state index contributed by atoms with van der Waals surface area (Å²) in [5.74, 6) is 4.41. The Bertz CT molecular complexity index is 893. The Morgan fingerprint density at radius 2 is 1.61 bits per heavy atom. The van der Waals surface area contributed by atoms with E-state index in [0.717, 1.165) is 31.3 Å². The van der Waals surface area contributed by atoms with Gasteiger partial charge in [-0.05, 0) is 75.5 Å². The molecule has 0 amide bonds. The molecular weight excluding hydrogens is 490 g/mol. The molecule has 0 aromatic heterocycles. The summed E-state index contributed by atoms with van der Waals surface area (Å²) >= 11 is 1.33. The van der Waals surface area contributed by atoms with Gasteiger partial charge in [0.25, 0.3) is 0 Å². The fourth-order valence-corrected chi connectivity index (χ4v) is 8.91. The lowest BCUT2D eigenvalue weighted by atomic mass is 9.70. The molecule has 1 aliphatic carbocycles. The molecule has 1 aliphatic heterocycles. The van der Waals surface area contributed by atoms with Gasteiger partial charge in [0.2, 0.25) is 0 Å². The minimum absolute atomic E-state index is 0.0834. The number of thioether (sulfide) groups is 1. The van der Waals surface area contributed by atoms with E-state index in [1.165, 1.54) is 18.2 Å². The van der Waals surface area contributed by atoms with E-state index < -0.39 is 5.54 Å². The highest BCUT2D eigenvalue weighted by molar-refractivity contribution is 8.14. The maximum Gasteiger partial charge on any atom is 0.193 e. The fourth-order valence-electron chi connectivity index (χ4n) is 7.73. The molecule has 38 heavy (non-hydrogen) atoms. The summed E-state index contributed by atoms with van der Waals surface area (Å²) in [5.41, 5.74) is 14.8. The molecule has 0 aromatic rings. The van der Waals surface area contributed by atoms with Gasteiger partial charge in [-0.15, -0.1) is 0 Å². The van der Waals surface area contributed by atoms with Crippen LogP contribution in [0.4, 0.5) is 0 Å². The average molecular weight is 548 g/mol. The van der Waals surface area contributed by atoms with Crippen molar-refractivity contribution in [2.24, 2.45) is 52.9 Å². The number of rotatable bonds is 4. The van der Waals surface area contributed by atoms with Gasteiger partial charge in [-0.3, -0.25) is 4.79 Å². The van der Waals surface area contributed by atoms with Gasteiger partial charge in [-0.2, -0.15) is 0 Å². The first-order valence-corrected chi connectivity index (χ1v) is 16.0. The van der Waals surface area contributed by atoms with Gasteiger partial charge in [0.15, 0.2) is 5.12 Å². The van der Waals surface area contributed by atoms with Crippen LogP contribution in [-0.2, 0) is 9.59 Å². The Labute approximate surface area is 237 Å². The largest absolute Gasteiger partial charge is 0.402 e. The Balaban J connectivity index is 2.53. The highest BCUT2D eigenvalue weighted by Gasteiger charge is 2.42. The molecule has 2 aliphatic rings. The molecule has 0 saturated heterocycles. The summed E-state index contributed by atoms with van der Waals surface area (Å²) in [7, 11) is 0. The van der Waals surface area contributed by atoms with Crippen molar-refractivity contribution in [3.8, 4) is 0 Å². The van der Waals surface area contributed by atoms with Crippen molar-refractivity contribution in [1.82, 2.24) is 5.32 Å². The summed E-state index contributed by atoms with van der Waals surface area (Å²) in [6.45, 7) is 21.7. The second-order valence-electron chi connectivity index (χ2n) is 13.3. The summed E-state index contributed by atoms with van der Waals surface area (Å²) in [6, 6.07) is 0.505. The Morgan fingerprint density at radius 1 is 1.00 bits per heavy atom. The van der Waals surface area contributed by atoms with Crippen LogP contribution in [-0.4, -0.2) is 33.9 Å². The minimum Gasteiger partial charge on any atom is -0.402 e. The summed E-state index contributed by atoms with van der Waals surface area (Å²) < 4.78 is 0. The first-order chi connectivity index (χ1) is 17.7. The predicted octanol–water partition coefficient (Wildman–Crippen LogP) is 6.49. The third-order valence-corrected chi connectivity index (χ3v) is 11.6. The van der Waals surface area contributed by atoms with Crippen molar-refractivity contribution in [2.75, 3.05) is 0 Å². The number of carbonyl (C=O) groups is 1. The van der Waals surface area contributed by atoms with Crippen LogP contribution >= 0.6 is 11.8 Å². The zero-order chi connectivity index (χ0) is 28.9. The molecule has 0 spiro atoms. The minimum atomic E-state index is -0.993. The van der Waals surface area contributed by atoms with E-state index in [9.17, 15) is 9.59 Å². The van der Waals surface area contributed by atoms with E-state index >= 15 is 0 Å². The maximum absolute atomic E-state index is 13.9. The predicted molar refractivity (Wildman–Crippen MR) is 163 cm³/mol. The van der Waals surface area contributed by atoms with E-state index in [2.05, 4.69) is 59.7 Å². The first-order valence-electron chi connectivity index (χ1n) is 15.1. The molecule has 218 valence electrons. The van der Waals surface area contributed by atoms with Crippen LogP contribution in [0.5, 0.6) is 0 Å². The lowest BCUT2D eigenvalue weighted by Crippen LogP contribution is -2.54. The fraction of sp³-hybridized carbons (Fsp3) is 0.844. The van der Waals surface area contributed by atoms with Gasteiger partial charge in [0, 0.05) is 40.4 Å². The molecule has 0 aromatic carbocycles. The molecule has 9 unspecified atom stereocenters. The van der Waals surface area contributed by atoms with Gasteiger partial charge in [-0.1, -0.05) is 79.1 Å². The average Bonchev–Trinajstić information content (AvgIpc) is 2.83. The third-order valence-electron chi connectivity index (χ3n) is 9.89. The highest BCUT2D eigenvalue weighted by atomic mass is 32.2. The van der Waals surface area contributed by atoms with Gasteiger partial charge < -0.3 is 16.8 Å². The Morgan fingerprint density at radius 3 is 2.16 bits per heavy atom. The van der Waals surface area contributed by atoms with Crippen molar-refractivity contribution in [3.05, 3.63) is 16.8 Å². The van der Waals surface area contributed by atoms with Gasteiger partial charge in [0.1, 0.15) is 5.94 Å². The number of carbonyl (C=O) groups excluding carboxylic acids is 2. The second-order valence-corrected chi connectivity index (χ2v) is 14.5. The van der Waals surface area contributed by atoms with Crippen molar-refractivity contribution in [1.29, 1.82) is 0 Å². The van der Waals surface area contributed by atoms with Crippen LogP contribution in [0.3, 0.4) is 0 Å². The third kappa shape index (κ3) is 7.56. The highest BCUT2D eigenvalue weighted by Crippen LogP contribution is 2.40. The molecule has 5 nitrogen and oxygen atoms in total. The van der Waals surface area contributed by atoms with Crippen molar-refractivity contribution < 1.29 is 9.59 Å². The zero-order valence-electron chi connectivity index (χ0n) is 25.9. The Hall–Kier alpha value is -1.07. The smallest absolute Gasteiger partial charge is 0.193 e. The maximum atomic E-state index is 13.9. The summed E-state index contributed by atoms with van der Waals surface area (Å²) in [6.07, 6.45) is 6.16. The molecule has 1 heterocycles. The number of nitrogens with one attached hydrogen (secondary N) is 1. The SMILES string of the molecule is CCC1C(C)CC(C)CC1NC1C(C)CC(C)C/C(C)=C(\N)[C@H](C)C(=C=O)[C@](C)(N)C(CC)SC(=O)C1C. The molecule has 0 bridgehead atoms. The van der Waals surface area contributed by atoms with Crippen molar-refractivity contribution >= 4 is 22.8 Å². The van der Waals surface area contributed by atoms with E-state index in [-0.39, 0.29) is 28.2 Å². The molecule has 5 N–H and O–H groups in total. The van der Waals surface area contributed by atoms with Gasteiger partial charge in [-0.25, -0.2) is 4.79 Å². The van der Waals surface area contributed by atoms with Crippen LogP contribution in [0.25, 0.3) is 0 Å². The molecule has 6 heteroatoms. The van der Waals surface area contributed by atoms with Crippen LogP contribution in [0, 0.1) is 41.4 Å². The molecule has 1 saturated carbocycles. The number of nitrogens with two attached hydrogens (primary N) is 2. The quantitative estimate of drug-likeness (QED) is 0.348. The van der Waals surface area contributed by atoms with Crippen LogP contribution < -0.4 is 16.8 Å². The van der Waals surface area contributed by atoms with Crippen LogP contribution in [0.15, 0.2) is 16.8 Å². The van der Waals surface area contributed by atoms with Crippen molar-refractivity contribution in [3.63, 3.8) is 0 Å². The molecule has 1 fully saturated rings. The zero-order valence-corrected chi connectivity index (χ0v) is 26.7. The molecule has 11 atom stereocenters. The van der Waals surface area contributed by atoms with E-state index in [4.69, 9.17) is 11.5 Å².